The quantitative estimate of drug-likeness (QED) is 0.487. The minimum Gasteiger partial charge on any atom is -0.448 e. The number of rotatable bonds is 4. The van der Waals surface area contributed by atoms with E-state index in [9.17, 15) is 14.4 Å². The average Bonchev–Trinajstić information content (AvgIpc) is 2.59. The Bertz CT molecular complexity index is 279. The summed E-state index contributed by atoms with van der Waals surface area (Å²) < 4.78 is 4.42. The molecule has 7 nitrogen and oxygen atoms in total. The van der Waals surface area contributed by atoms with Gasteiger partial charge < -0.3 is 21.1 Å². The van der Waals surface area contributed by atoms with Crippen LogP contribution < -0.4 is 16.4 Å². The van der Waals surface area contributed by atoms with Crippen LogP contribution in [0.15, 0.2) is 0 Å². The van der Waals surface area contributed by atoms with E-state index in [0.29, 0.717) is 6.54 Å². The fourth-order valence-electron chi connectivity index (χ4n) is 1.26. The first-order valence-electron chi connectivity index (χ1n) is 4.56. The number of hydrogen-bond donors (Lipinski definition) is 3. The van der Waals surface area contributed by atoms with Crippen LogP contribution in [0.4, 0.5) is 4.79 Å². The van der Waals surface area contributed by atoms with Crippen molar-refractivity contribution in [1.29, 1.82) is 0 Å². The van der Waals surface area contributed by atoms with Gasteiger partial charge in [0.05, 0.1) is 12.5 Å². The highest BCUT2D eigenvalue weighted by molar-refractivity contribution is 5.89. The van der Waals surface area contributed by atoms with Crippen LogP contribution >= 0.6 is 0 Å². The predicted octanol–water partition coefficient (Wildman–Crippen LogP) is -1.67. The molecule has 0 aromatic rings. The Balaban J connectivity index is 2.13. The Morgan fingerprint density at radius 2 is 2.33 bits per heavy atom. The van der Waals surface area contributed by atoms with E-state index in [1.165, 1.54) is 0 Å². The van der Waals surface area contributed by atoms with Crippen LogP contribution in [0.5, 0.6) is 0 Å². The van der Waals surface area contributed by atoms with Gasteiger partial charge in [-0.2, -0.15) is 0 Å². The van der Waals surface area contributed by atoms with Crippen molar-refractivity contribution >= 4 is 17.9 Å². The molecular formula is C8H13N3O4. The Hall–Kier alpha value is -1.79. The first-order chi connectivity index (χ1) is 7.09. The summed E-state index contributed by atoms with van der Waals surface area (Å²) in [4.78, 5) is 32.3. The number of primary amides is 1. The highest BCUT2D eigenvalue weighted by Gasteiger charge is 2.27. The third-order valence-corrected chi connectivity index (χ3v) is 1.99. The van der Waals surface area contributed by atoms with Gasteiger partial charge in [-0.3, -0.25) is 9.59 Å². The van der Waals surface area contributed by atoms with E-state index >= 15 is 0 Å². The summed E-state index contributed by atoms with van der Waals surface area (Å²) in [5.41, 5.74) is 4.72. The van der Waals surface area contributed by atoms with E-state index in [1.807, 2.05) is 0 Å². The summed E-state index contributed by atoms with van der Waals surface area (Å²) in [6, 6.07) is 0. The number of carbonyl (C=O) groups is 3. The Morgan fingerprint density at radius 3 is 2.87 bits per heavy atom. The van der Waals surface area contributed by atoms with E-state index in [1.54, 1.807) is 0 Å². The summed E-state index contributed by atoms with van der Waals surface area (Å²) in [5, 5.41) is 5.09. The smallest absolute Gasteiger partial charge is 0.404 e. The molecule has 0 radical (unpaired) electrons. The highest BCUT2D eigenvalue weighted by Crippen LogP contribution is 2.07. The maximum atomic E-state index is 11.4. The molecule has 0 spiro atoms. The van der Waals surface area contributed by atoms with Crippen LogP contribution in [0, 0.1) is 5.92 Å². The van der Waals surface area contributed by atoms with Crippen LogP contribution in [0.25, 0.3) is 0 Å². The number of ether oxygens (including phenoxy) is 1. The summed E-state index contributed by atoms with van der Waals surface area (Å²) in [7, 11) is 0. The van der Waals surface area contributed by atoms with Crippen LogP contribution in [0.3, 0.4) is 0 Å². The second-order valence-corrected chi connectivity index (χ2v) is 3.16. The summed E-state index contributed by atoms with van der Waals surface area (Å²) >= 11 is 0. The van der Waals surface area contributed by atoms with Gasteiger partial charge in [-0.15, -0.1) is 0 Å². The van der Waals surface area contributed by atoms with Crippen molar-refractivity contribution in [3.8, 4) is 0 Å². The molecule has 0 aromatic heterocycles. The number of carbonyl (C=O) groups excluding carboxylic acids is 3. The number of hydrogen-bond acceptors (Lipinski definition) is 4. The van der Waals surface area contributed by atoms with Crippen molar-refractivity contribution in [2.75, 3.05) is 19.7 Å². The van der Waals surface area contributed by atoms with Gasteiger partial charge in [0.25, 0.3) is 0 Å². The summed E-state index contributed by atoms with van der Waals surface area (Å²) in [6.45, 7) is 0.600. The molecule has 3 amide bonds. The van der Waals surface area contributed by atoms with Crippen LogP contribution in [0.1, 0.15) is 6.42 Å². The predicted molar refractivity (Wildman–Crippen MR) is 49.7 cm³/mol. The van der Waals surface area contributed by atoms with Crippen molar-refractivity contribution in [1.82, 2.24) is 10.6 Å². The molecular weight excluding hydrogens is 202 g/mol. The van der Waals surface area contributed by atoms with Crippen LogP contribution in [-0.4, -0.2) is 37.6 Å². The van der Waals surface area contributed by atoms with E-state index in [0.717, 1.165) is 0 Å². The van der Waals surface area contributed by atoms with Gasteiger partial charge in [-0.25, -0.2) is 4.79 Å². The van der Waals surface area contributed by atoms with Crippen molar-refractivity contribution < 1.29 is 19.1 Å². The lowest BCUT2D eigenvalue weighted by atomic mass is 10.1. The van der Waals surface area contributed by atoms with Gasteiger partial charge in [0, 0.05) is 13.0 Å². The summed E-state index contributed by atoms with van der Waals surface area (Å²) in [6.07, 6.45) is -0.662. The average molecular weight is 215 g/mol. The maximum Gasteiger partial charge on any atom is 0.404 e. The molecule has 0 saturated carbocycles. The largest absolute Gasteiger partial charge is 0.448 e. The molecule has 1 heterocycles. The number of nitrogens with two attached hydrogens (primary N) is 1. The Kier molecular flexibility index (Phi) is 3.90. The van der Waals surface area contributed by atoms with E-state index in [-0.39, 0.29) is 37.3 Å². The molecule has 4 N–H and O–H groups in total. The molecule has 1 unspecified atom stereocenters. The minimum atomic E-state index is -0.873. The fraction of sp³-hybridized carbons (Fsp3) is 0.625. The highest BCUT2D eigenvalue weighted by atomic mass is 16.5. The van der Waals surface area contributed by atoms with E-state index in [2.05, 4.69) is 15.4 Å². The monoisotopic (exact) mass is 215 g/mol. The zero-order valence-corrected chi connectivity index (χ0v) is 8.12. The lowest BCUT2D eigenvalue weighted by Crippen LogP contribution is -2.34. The molecule has 1 saturated heterocycles. The topological polar surface area (TPSA) is 111 Å². The molecule has 0 aliphatic carbocycles. The molecule has 1 fully saturated rings. The lowest BCUT2D eigenvalue weighted by molar-refractivity contribution is -0.126. The fourth-order valence-corrected chi connectivity index (χ4v) is 1.26. The molecule has 1 rings (SSSR count). The first-order valence-corrected chi connectivity index (χ1v) is 4.56. The van der Waals surface area contributed by atoms with E-state index in [4.69, 9.17) is 5.73 Å². The summed E-state index contributed by atoms with van der Waals surface area (Å²) in [5.74, 6) is -0.670. The lowest BCUT2D eigenvalue weighted by Gasteiger charge is -2.08. The standard InChI is InChI=1S/C8H13N3O4/c9-8(14)15-2-1-10-7(13)5-3-6(12)11-4-5/h5H,1-4H2,(H2,9,14)(H,10,13)(H,11,12). The number of amides is 3. The molecule has 1 aliphatic heterocycles. The van der Waals surface area contributed by atoms with Gasteiger partial charge in [-0.05, 0) is 0 Å². The van der Waals surface area contributed by atoms with Crippen molar-refractivity contribution in [3.63, 3.8) is 0 Å². The molecule has 1 aliphatic rings. The molecule has 84 valence electrons. The van der Waals surface area contributed by atoms with Gasteiger partial charge in [0.1, 0.15) is 6.61 Å². The Morgan fingerprint density at radius 1 is 1.60 bits per heavy atom. The molecule has 0 aromatic carbocycles. The molecule has 15 heavy (non-hydrogen) atoms. The second kappa shape index (κ2) is 5.18. The first kappa shape index (κ1) is 11.3. The Labute approximate surface area is 86.3 Å². The maximum absolute atomic E-state index is 11.4. The van der Waals surface area contributed by atoms with Crippen LogP contribution in [0.2, 0.25) is 0 Å². The second-order valence-electron chi connectivity index (χ2n) is 3.16. The molecule has 7 heteroatoms. The normalized spacial score (nSPS) is 19.5. The van der Waals surface area contributed by atoms with Gasteiger partial charge in [0.15, 0.2) is 0 Å². The van der Waals surface area contributed by atoms with Crippen molar-refractivity contribution in [2.24, 2.45) is 11.7 Å². The van der Waals surface area contributed by atoms with E-state index < -0.39 is 6.09 Å². The third-order valence-electron chi connectivity index (χ3n) is 1.99. The zero-order chi connectivity index (χ0) is 11.3. The van der Waals surface area contributed by atoms with Gasteiger partial charge in [-0.1, -0.05) is 0 Å². The van der Waals surface area contributed by atoms with Crippen LogP contribution in [-0.2, 0) is 14.3 Å². The van der Waals surface area contributed by atoms with Crippen molar-refractivity contribution in [3.05, 3.63) is 0 Å². The molecule has 1 atom stereocenters. The molecule has 0 bridgehead atoms. The minimum absolute atomic E-state index is 0.0369. The third kappa shape index (κ3) is 3.84. The number of nitrogens with one attached hydrogen (secondary N) is 2. The SMILES string of the molecule is NC(=O)OCCNC(=O)C1CNC(=O)C1. The van der Waals surface area contributed by atoms with Gasteiger partial charge >= 0.3 is 6.09 Å². The zero-order valence-electron chi connectivity index (χ0n) is 8.12. The van der Waals surface area contributed by atoms with Gasteiger partial charge in [0.2, 0.25) is 11.8 Å². The van der Waals surface area contributed by atoms with Crippen molar-refractivity contribution in [2.45, 2.75) is 6.42 Å².